The van der Waals surface area contributed by atoms with Gasteiger partial charge in [-0.15, -0.1) is 0 Å². The smallest absolute Gasteiger partial charge is 0.253 e. The number of rotatable bonds is 4. The summed E-state index contributed by atoms with van der Waals surface area (Å²) in [5, 5.41) is 13.7. The van der Waals surface area contributed by atoms with Gasteiger partial charge in [0.25, 0.3) is 5.91 Å². The molecule has 1 heterocycles. The second-order valence-electron chi connectivity index (χ2n) is 8.14. The van der Waals surface area contributed by atoms with Crippen LogP contribution in [0.15, 0.2) is 18.2 Å². The van der Waals surface area contributed by atoms with Crippen LogP contribution in [0.25, 0.3) is 0 Å². The van der Waals surface area contributed by atoms with E-state index in [1.807, 2.05) is 4.90 Å². The maximum Gasteiger partial charge on any atom is 0.253 e. The number of benzene rings is 1. The van der Waals surface area contributed by atoms with Gasteiger partial charge in [0.2, 0.25) is 5.91 Å². The van der Waals surface area contributed by atoms with Crippen molar-refractivity contribution in [2.45, 2.75) is 38.3 Å². The van der Waals surface area contributed by atoms with Crippen LogP contribution in [-0.2, 0) is 9.59 Å². The molecule has 2 bridgehead atoms. The molecule has 0 aromatic heterocycles. The second kappa shape index (κ2) is 5.60. The molecule has 1 aromatic carbocycles. The van der Waals surface area contributed by atoms with Crippen LogP contribution in [0.1, 0.15) is 37.9 Å². The number of amides is 2. The first-order valence-corrected chi connectivity index (χ1v) is 9.19. The largest absolute Gasteiger partial charge is 0.378 e. The zero-order valence-electron chi connectivity index (χ0n) is 13.9. The lowest BCUT2D eigenvalue weighted by molar-refractivity contribution is -0.213. The van der Waals surface area contributed by atoms with E-state index in [4.69, 9.17) is 23.2 Å². The molecule has 2 amide bonds. The highest BCUT2D eigenvalue weighted by Gasteiger charge is 2.70. The number of hydrogen-bond acceptors (Lipinski definition) is 3. The first-order chi connectivity index (χ1) is 11.7. The number of aliphatic hydroxyl groups excluding tert-OH is 1. The molecule has 25 heavy (non-hydrogen) atoms. The lowest BCUT2D eigenvalue weighted by Crippen LogP contribution is -2.71. The molecule has 2 N–H and O–H groups in total. The van der Waals surface area contributed by atoms with Crippen LogP contribution in [0, 0.1) is 10.8 Å². The predicted octanol–water partition coefficient (Wildman–Crippen LogP) is 2.54. The van der Waals surface area contributed by atoms with Crippen molar-refractivity contribution < 1.29 is 14.7 Å². The minimum Gasteiger partial charge on any atom is -0.378 e. The van der Waals surface area contributed by atoms with Gasteiger partial charge in [0.05, 0.1) is 11.5 Å². The van der Waals surface area contributed by atoms with E-state index in [1.165, 1.54) is 18.2 Å². The highest BCUT2D eigenvalue weighted by molar-refractivity contribution is 6.34. The van der Waals surface area contributed by atoms with Crippen molar-refractivity contribution in [2.24, 2.45) is 10.8 Å². The van der Waals surface area contributed by atoms with Crippen molar-refractivity contribution in [1.29, 1.82) is 0 Å². The zero-order chi connectivity index (χ0) is 18.0. The van der Waals surface area contributed by atoms with Crippen LogP contribution in [0.2, 0.25) is 10.0 Å². The molecule has 1 saturated heterocycles. The number of likely N-dealkylation sites (tertiary alicyclic amines) is 1. The van der Waals surface area contributed by atoms with E-state index in [1.54, 1.807) is 0 Å². The Kier molecular flexibility index (Phi) is 3.84. The van der Waals surface area contributed by atoms with E-state index in [2.05, 4.69) is 12.2 Å². The van der Waals surface area contributed by atoms with Crippen LogP contribution < -0.4 is 5.32 Å². The van der Waals surface area contributed by atoms with Crippen molar-refractivity contribution in [2.75, 3.05) is 13.1 Å². The van der Waals surface area contributed by atoms with Gasteiger partial charge in [-0.2, -0.15) is 0 Å². The predicted molar refractivity (Wildman–Crippen MR) is 94.3 cm³/mol. The summed E-state index contributed by atoms with van der Waals surface area (Å²) < 4.78 is 0. The van der Waals surface area contributed by atoms with E-state index in [9.17, 15) is 14.7 Å². The minimum absolute atomic E-state index is 0.110. The third-order valence-corrected chi connectivity index (χ3v) is 6.15. The Morgan fingerprint density at radius 3 is 2.28 bits per heavy atom. The maximum atomic E-state index is 12.5. The van der Waals surface area contributed by atoms with Crippen molar-refractivity contribution in [3.63, 3.8) is 0 Å². The number of aliphatic hydroxyl groups is 1. The highest BCUT2D eigenvalue weighted by atomic mass is 35.5. The first-order valence-electron chi connectivity index (χ1n) is 8.44. The molecule has 4 aliphatic rings. The molecule has 3 saturated carbocycles. The molecular formula is C18H20Cl2N2O3. The third-order valence-electron chi connectivity index (χ3n) is 5.71. The molecule has 5 nitrogen and oxygen atoms in total. The summed E-state index contributed by atoms with van der Waals surface area (Å²) in [4.78, 5) is 26.5. The number of hydrogen-bond donors (Lipinski definition) is 2. The van der Waals surface area contributed by atoms with E-state index in [0.717, 1.165) is 19.3 Å². The van der Waals surface area contributed by atoms with Gasteiger partial charge >= 0.3 is 0 Å². The van der Waals surface area contributed by atoms with Crippen LogP contribution in [0.4, 0.5) is 0 Å². The van der Waals surface area contributed by atoms with Gasteiger partial charge in [-0.1, -0.05) is 30.1 Å². The summed E-state index contributed by atoms with van der Waals surface area (Å²) in [5.41, 5.74) is 0.640. The summed E-state index contributed by atoms with van der Waals surface area (Å²) in [6.07, 6.45) is 1.67. The van der Waals surface area contributed by atoms with Gasteiger partial charge in [-0.3, -0.25) is 9.59 Å². The monoisotopic (exact) mass is 382 g/mol. The number of nitrogens with one attached hydrogen (secondary N) is 1. The van der Waals surface area contributed by atoms with Gasteiger partial charge in [0, 0.05) is 23.1 Å². The SMILES string of the molecule is CC12CC(C(=O)N3CC(NC(=O)C(O)c4cc(Cl)cc(Cl)c4)C3)(C1)C2. The van der Waals surface area contributed by atoms with Gasteiger partial charge in [0.15, 0.2) is 6.10 Å². The molecule has 0 spiro atoms. The summed E-state index contributed by atoms with van der Waals surface area (Å²) in [7, 11) is 0. The Hall–Kier alpha value is -1.30. The molecule has 1 atom stereocenters. The number of nitrogens with zero attached hydrogens (tertiary/aromatic N) is 1. The number of carbonyl (C=O) groups is 2. The first kappa shape index (κ1) is 17.1. The van der Waals surface area contributed by atoms with E-state index in [-0.39, 0.29) is 17.4 Å². The van der Waals surface area contributed by atoms with E-state index >= 15 is 0 Å². The highest BCUT2D eigenvalue weighted by Crippen LogP contribution is 2.73. The van der Waals surface area contributed by atoms with Crippen molar-refractivity contribution in [3.8, 4) is 0 Å². The maximum absolute atomic E-state index is 12.5. The summed E-state index contributed by atoms with van der Waals surface area (Å²) in [5.74, 6) is -0.280. The quantitative estimate of drug-likeness (QED) is 0.840. The molecular weight excluding hydrogens is 363 g/mol. The molecule has 1 aromatic rings. The standard InChI is InChI=1S/C18H20Cl2N2O3/c1-17-7-18(8-17,9-17)16(25)22-5-13(6-22)21-15(24)14(23)10-2-11(19)4-12(20)3-10/h2-4,13-14,23H,5-9H2,1H3,(H,21,24). The Morgan fingerprint density at radius 2 is 1.76 bits per heavy atom. The summed E-state index contributed by atoms with van der Waals surface area (Å²) >= 11 is 11.8. The average molecular weight is 383 g/mol. The fourth-order valence-corrected chi connectivity index (χ4v) is 5.30. The van der Waals surface area contributed by atoms with Crippen molar-refractivity contribution >= 4 is 35.0 Å². The topological polar surface area (TPSA) is 69.6 Å². The average Bonchev–Trinajstić information content (AvgIpc) is 2.43. The Balaban J connectivity index is 1.29. The Morgan fingerprint density at radius 1 is 1.20 bits per heavy atom. The van der Waals surface area contributed by atoms with Crippen LogP contribution >= 0.6 is 23.2 Å². The fraction of sp³-hybridized carbons (Fsp3) is 0.556. The fourth-order valence-electron chi connectivity index (χ4n) is 4.76. The van der Waals surface area contributed by atoms with Crippen LogP contribution in [0.5, 0.6) is 0 Å². The summed E-state index contributed by atoms with van der Waals surface area (Å²) in [6.45, 7) is 3.24. The molecule has 1 aliphatic heterocycles. The normalized spacial score (nSPS) is 31.4. The lowest BCUT2D eigenvalue weighted by Gasteiger charge is -2.69. The summed E-state index contributed by atoms with van der Waals surface area (Å²) in [6, 6.07) is 4.44. The van der Waals surface area contributed by atoms with Gasteiger partial charge in [-0.25, -0.2) is 0 Å². The molecule has 3 aliphatic carbocycles. The van der Waals surface area contributed by atoms with Crippen LogP contribution in [0.3, 0.4) is 0 Å². The Bertz CT molecular complexity index is 721. The molecule has 0 radical (unpaired) electrons. The van der Waals surface area contributed by atoms with Crippen LogP contribution in [-0.4, -0.2) is 41.0 Å². The molecule has 4 fully saturated rings. The molecule has 7 heteroatoms. The number of carbonyl (C=O) groups excluding carboxylic acids is 2. The molecule has 5 rings (SSSR count). The van der Waals surface area contributed by atoms with E-state index in [0.29, 0.717) is 34.1 Å². The van der Waals surface area contributed by atoms with Gasteiger partial charge in [0.1, 0.15) is 0 Å². The Labute approximate surface area is 156 Å². The molecule has 1 unspecified atom stereocenters. The number of halogens is 2. The van der Waals surface area contributed by atoms with Crippen molar-refractivity contribution in [1.82, 2.24) is 10.2 Å². The zero-order valence-corrected chi connectivity index (χ0v) is 15.4. The van der Waals surface area contributed by atoms with Crippen molar-refractivity contribution in [3.05, 3.63) is 33.8 Å². The van der Waals surface area contributed by atoms with Gasteiger partial charge < -0.3 is 15.3 Å². The van der Waals surface area contributed by atoms with Gasteiger partial charge in [-0.05, 0) is 48.4 Å². The van der Waals surface area contributed by atoms with E-state index < -0.39 is 12.0 Å². The lowest BCUT2D eigenvalue weighted by atomic mass is 9.35. The third kappa shape index (κ3) is 2.82. The molecule has 134 valence electrons. The minimum atomic E-state index is -1.33. The second-order valence-corrected chi connectivity index (χ2v) is 9.02.